The fourth-order valence-corrected chi connectivity index (χ4v) is 1.78. The molecule has 0 radical (unpaired) electrons. The summed E-state index contributed by atoms with van der Waals surface area (Å²) in [4.78, 5) is 21.6. The minimum atomic E-state index is -0.209. The van der Waals surface area contributed by atoms with E-state index in [1.807, 2.05) is 6.92 Å². The van der Waals surface area contributed by atoms with E-state index in [2.05, 4.69) is 20.7 Å². The predicted octanol–water partition coefficient (Wildman–Crippen LogP) is -0.287. The maximum atomic E-state index is 11.8. The second-order valence-electron chi connectivity index (χ2n) is 4.11. The number of nitrogens with one attached hydrogen (secondary N) is 2. The van der Waals surface area contributed by atoms with Crippen molar-refractivity contribution in [1.82, 2.24) is 14.9 Å². The zero-order valence-corrected chi connectivity index (χ0v) is 9.90. The standard InChI is InChI=1S/C10H16N6O/c1-6-5-12-10(15-11)14-8(6)13-7-3-4-16(2)9(7)17/h5,7H,3-4,11H2,1-2H3,(H2,12,13,14,15). The van der Waals surface area contributed by atoms with Crippen LogP contribution in [0.25, 0.3) is 0 Å². The summed E-state index contributed by atoms with van der Waals surface area (Å²) in [6.07, 6.45) is 2.44. The van der Waals surface area contributed by atoms with E-state index in [1.165, 1.54) is 0 Å². The normalized spacial score (nSPS) is 19.6. The number of hydrazine groups is 1. The number of amides is 1. The average molecular weight is 236 g/mol. The summed E-state index contributed by atoms with van der Waals surface area (Å²) in [6, 6.07) is -0.209. The number of hydrogen-bond donors (Lipinski definition) is 3. The molecule has 1 saturated heterocycles. The van der Waals surface area contributed by atoms with Crippen LogP contribution in [0.4, 0.5) is 11.8 Å². The van der Waals surface area contributed by atoms with Crippen LogP contribution in [-0.4, -0.2) is 40.4 Å². The highest BCUT2D eigenvalue weighted by atomic mass is 16.2. The number of nitrogens with zero attached hydrogens (tertiary/aromatic N) is 3. The summed E-state index contributed by atoms with van der Waals surface area (Å²) in [7, 11) is 1.80. The lowest BCUT2D eigenvalue weighted by atomic mass is 10.2. The van der Waals surface area contributed by atoms with Gasteiger partial charge in [0.05, 0.1) is 0 Å². The van der Waals surface area contributed by atoms with Gasteiger partial charge >= 0.3 is 0 Å². The van der Waals surface area contributed by atoms with E-state index < -0.39 is 0 Å². The van der Waals surface area contributed by atoms with E-state index in [0.29, 0.717) is 11.8 Å². The molecule has 1 unspecified atom stereocenters. The van der Waals surface area contributed by atoms with Crippen LogP contribution in [0.3, 0.4) is 0 Å². The molecular formula is C10H16N6O. The number of nitrogen functional groups attached to an aromatic ring is 1. The van der Waals surface area contributed by atoms with Gasteiger partial charge in [-0.15, -0.1) is 0 Å². The molecule has 4 N–H and O–H groups in total. The quantitative estimate of drug-likeness (QED) is 0.493. The predicted molar refractivity (Wildman–Crippen MR) is 64.2 cm³/mol. The van der Waals surface area contributed by atoms with Gasteiger partial charge in [-0.05, 0) is 13.3 Å². The van der Waals surface area contributed by atoms with Crippen LogP contribution in [0.15, 0.2) is 6.20 Å². The van der Waals surface area contributed by atoms with E-state index in [-0.39, 0.29) is 11.9 Å². The zero-order chi connectivity index (χ0) is 12.4. The van der Waals surface area contributed by atoms with Crippen molar-refractivity contribution in [2.24, 2.45) is 5.84 Å². The minimum Gasteiger partial charge on any atom is -0.358 e. The fourth-order valence-electron chi connectivity index (χ4n) is 1.78. The molecule has 0 saturated carbocycles. The third-order valence-corrected chi connectivity index (χ3v) is 2.84. The Bertz CT molecular complexity index is 435. The Morgan fingerprint density at radius 2 is 2.35 bits per heavy atom. The van der Waals surface area contributed by atoms with Gasteiger partial charge in [0, 0.05) is 25.4 Å². The number of carbonyl (C=O) groups is 1. The molecule has 1 aromatic heterocycles. The number of likely N-dealkylation sites (tertiary alicyclic amines) is 1. The first-order valence-electron chi connectivity index (χ1n) is 5.43. The molecule has 2 heterocycles. The number of anilines is 2. The lowest BCUT2D eigenvalue weighted by Crippen LogP contribution is -2.31. The Morgan fingerprint density at radius 1 is 1.59 bits per heavy atom. The maximum absolute atomic E-state index is 11.8. The van der Waals surface area contributed by atoms with Crippen molar-refractivity contribution >= 4 is 17.7 Å². The fraction of sp³-hybridized carbons (Fsp3) is 0.500. The van der Waals surface area contributed by atoms with E-state index in [9.17, 15) is 4.79 Å². The summed E-state index contributed by atoms with van der Waals surface area (Å²) in [6.45, 7) is 2.65. The maximum Gasteiger partial charge on any atom is 0.244 e. The lowest BCUT2D eigenvalue weighted by molar-refractivity contribution is -0.127. The van der Waals surface area contributed by atoms with Gasteiger partial charge in [-0.25, -0.2) is 10.8 Å². The molecule has 0 aliphatic carbocycles. The highest BCUT2D eigenvalue weighted by molar-refractivity contribution is 5.86. The smallest absolute Gasteiger partial charge is 0.244 e. The van der Waals surface area contributed by atoms with E-state index in [1.54, 1.807) is 18.1 Å². The molecule has 7 heteroatoms. The summed E-state index contributed by atoms with van der Waals surface area (Å²) >= 11 is 0. The number of nitrogens with two attached hydrogens (primary N) is 1. The molecule has 17 heavy (non-hydrogen) atoms. The monoisotopic (exact) mass is 236 g/mol. The average Bonchev–Trinajstić information content (AvgIpc) is 2.64. The van der Waals surface area contributed by atoms with Gasteiger partial charge in [0.15, 0.2) is 0 Å². The van der Waals surface area contributed by atoms with Gasteiger partial charge in [0.2, 0.25) is 11.9 Å². The molecule has 0 bridgehead atoms. The van der Waals surface area contributed by atoms with Crippen molar-refractivity contribution in [3.05, 3.63) is 11.8 Å². The zero-order valence-electron chi connectivity index (χ0n) is 9.90. The molecule has 2 rings (SSSR count). The largest absolute Gasteiger partial charge is 0.358 e. The third-order valence-electron chi connectivity index (χ3n) is 2.84. The molecule has 1 atom stereocenters. The summed E-state index contributed by atoms with van der Waals surface area (Å²) in [5, 5.41) is 3.13. The number of aryl methyl sites for hydroxylation is 1. The summed E-state index contributed by atoms with van der Waals surface area (Å²) in [5.41, 5.74) is 3.26. The first kappa shape index (κ1) is 11.6. The molecule has 7 nitrogen and oxygen atoms in total. The van der Waals surface area contributed by atoms with Crippen LogP contribution in [-0.2, 0) is 4.79 Å². The first-order chi connectivity index (χ1) is 8.11. The molecule has 1 aromatic rings. The number of rotatable bonds is 3. The van der Waals surface area contributed by atoms with E-state index >= 15 is 0 Å². The number of hydrogen-bond acceptors (Lipinski definition) is 6. The molecule has 1 aliphatic heterocycles. The Hall–Kier alpha value is -1.89. The topological polar surface area (TPSA) is 96.2 Å². The Balaban J connectivity index is 2.15. The van der Waals surface area contributed by atoms with Crippen LogP contribution in [0.5, 0.6) is 0 Å². The van der Waals surface area contributed by atoms with Crippen LogP contribution < -0.4 is 16.6 Å². The van der Waals surface area contributed by atoms with Crippen molar-refractivity contribution in [1.29, 1.82) is 0 Å². The van der Waals surface area contributed by atoms with Gasteiger partial charge in [0.25, 0.3) is 0 Å². The van der Waals surface area contributed by atoms with Gasteiger partial charge in [0.1, 0.15) is 11.9 Å². The van der Waals surface area contributed by atoms with Crippen molar-refractivity contribution in [2.45, 2.75) is 19.4 Å². The van der Waals surface area contributed by atoms with Gasteiger partial charge in [-0.2, -0.15) is 4.98 Å². The van der Waals surface area contributed by atoms with Crippen molar-refractivity contribution in [3.8, 4) is 0 Å². The van der Waals surface area contributed by atoms with Crippen LogP contribution in [0.2, 0.25) is 0 Å². The first-order valence-corrected chi connectivity index (χ1v) is 5.43. The van der Waals surface area contributed by atoms with E-state index in [4.69, 9.17) is 5.84 Å². The highest BCUT2D eigenvalue weighted by Crippen LogP contribution is 2.18. The highest BCUT2D eigenvalue weighted by Gasteiger charge is 2.29. The Labute approximate surface area is 99.4 Å². The molecule has 0 aromatic carbocycles. The lowest BCUT2D eigenvalue weighted by Gasteiger charge is -2.14. The number of carbonyl (C=O) groups excluding carboxylic acids is 1. The SMILES string of the molecule is Cc1cnc(NN)nc1NC1CCN(C)C1=O. The van der Waals surface area contributed by atoms with Crippen LogP contribution >= 0.6 is 0 Å². The summed E-state index contributed by atoms with van der Waals surface area (Å²) in [5.74, 6) is 6.31. The third kappa shape index (κ3) is 2.28. The molecule has 92 valence electrons. The summed E-state index contributed by atoms with van der Waals surface area (Å²) < 4.78 is 0. The van der Waals surface area contributed by atoms with Crippen LogP contribution in [0.1, 0.15) is 12.0 Å². The second-order valence-corrected chi connectivity index (χ2v) is 4.11. The van der Waals surface area contributed by atoms with Crippen molar-refractivity contribution < 1.29 is 4.79 Å². The number of likely N-dealkylation sites (N-methyl/N-ethyl adjacent to an activating group) is 1. The van der Waals surface area contributed by atoms with Gasteiger partial charge in [-0.1, -0.05) is 0 Å². The Kier molecular flexibility index (Phi) is 3.10. The van der Waals surface area contributed by atoms with Crippen molar-refractivity contribution in [3.63, 3.8) is 0 Å². The van der Waals surface area contributed by atoms with Crippen LogP contribution in [0, 0.1) is 6.92 Å². The second kappa shape index (κ2) is 4.54. The van der Waals surface area contributed by atoms with E-state index in [0.717, 1.165) is 18.5 Å². The Morgan fingerprint density at radius 3 is 2.94 bits per heavy atom. The minimum absolute atomic E-state index is 0.0882. The molecule has 1 aliphatic rings. The number of aromatic nitrogens is 2. The molecular weight excluding hydrogens is 220 g/mol. The molecule has 0 spiro atoms. The van der Waals surface area contributed by atoms with Crippen molar-refractivity contribution in [2.75, 3.05) is 24.3 Å². The molecule has 1 amide bonds. The van der Waals surface area contributed by atoms with Gasteiger partial charge in [-0.3, -0.25) is 10.2 Å². The van der Waals surface area contributed by atoms with Gasteiger partial charge < -0.3 is 10.2 Å². The molecule has 1 fully saturated rings.